The van der Waals surface area contributed by atoms with Gasteiger partial charge in [-0.15, -0.1) is 23.7 Å². The predicted octanol–water partition coefficient (Wildman–Crippen LogP) is 2.71. The lowest BCUT2D eigenvalue weighted by Crippen LogP contribution is -2.35. The number of carbonyl (C=O) groups is 1. The van der Waals surface area contributed by atoms with Crippen LogP contribution in [-0.4, -0.2) is 38.9 Å². The Kier molecular flexibility index (Phi) is 6.91. The van der Waals surface area contributed by atoms with Crippen molar-refractivity contribution in [3.05, 3.63) is 47.3 Å². The predicted molar refractivity (Wildman–Crippen MR) is 111 cm³/mol. The fourth-order valence-electron chi connectivity index (χ4n) is 3.00. The summed E-state index contributed by atoms with van der Waals surface area (Å²) in [6, 6.07) is 10.2. The topological polar surface area (TPSA) is 92.5 Å². The highest BCUT2D eigenvalue weighted by atomic mass is 35.5. The van der Waals surface area contributed by atoms with Gasteiger partial charge in [-0.25, -0.2) is 8.42 Å². The fraction of sp³-hybridized carbons (Fsp3) is 0.389. The van der Waals surface area contributed by atoms with E-state index in [1.807, 2.05) is 4.90 Å². The Hall–Kier alpha value is -1.61. The minimum Gasteiger partial charge on any atom is -0.342 e. The number of nitrogens with one attached hydrogen (secondary N) is 1. The minimum atomic E-state index is -3.55. The van der Waals surface area contributed by atoms with Crippen molar-refractivity contribution < 1.29 is 13.2 Å². The van der Waals surface area contributed by atoms with Crippen LogP contribution < -0.4 is 10.5 Å². The zero-order valence-corrected chi connectivity index (χ0v) is 17.5. The molecule has 1 aliphatic rings. The van der Waals surface area contributed by atoms with Gasteiger partial charge in [0.1, 0.15) is 4.21 Å². The van der Waals surface area contributed by atoms with Crippen molar-refractivity contribution in [1.82, 2.24) is 4.90 Å². The van der Waals surface area contributed by atoms with Gasteiger partial charge in [0.2, 0.25) is 5.91 Å². The van der Waals surface area contributed by atoms with Crippen LogP contribution in [0.1, 0.15) is 18.9 Å². The zero-order chi connectivity index (χ0) is 18.8. The lowest BCUT2D eigenvalue weighted by Gasteiger charge is -2.22. The summed E-state index contributed by atoms with van der Waals surface area (Å²) in [7, 11) is -3.55. The first-order valence-electron chi connectivity index (χ1n) is 8.44. The Morgan fingerprint density at radius 3 is 2.56 bits per heavy atom. The molecule has 6 nitrogen and oxygen atoms in total. The maximum Gasteiger partial charge on any atom is 0.271 e. The number of nitrogens with two attached hydrogens (primary N) is 1. The summed E-state index contributed by atoms with van der Waals surface area (Å²) in [4.78, 5) is 14.3. The number of anilines is 1. The molecule has 0 aliphatic carbocycles. The van der Waals surface area contributed by atoms with E-state index >= 15 is 0 Å². The summed E-state index contributed by atoms with van der Waals surface area (Å²) >= 11 is 1.17. The molecule has 0 saturated carbocycles. The van der Waals surface area contributed by atoms with E-state index in [1.165, 1.54) is 11.3 Å². The van der Waals surface area contributed by atoms with Crippen molar-refractivity contribution >= 4 is 45.4 Å². The second-order valence-corrected chi connectivity index (χ2v) is 9.85. The molecule has 1 unspecified atom stereocenters. The van der Waals surface area contributed by atoms with Crippen molar-refractivity contribution in [3.8, 4) is 0 Å². The van der Waals surface area contributed by atoms with Gasteiger partial charge in [0.05, 0.1) is 6.42 Å². The molecule has 9 heteroatoms. The number of nitrogens with zero attached hydrogens (tertiary/aromatic N) is 1. The van der Waals surface area contributed by atoms with E-state index in [0.717, 1.165) is 18.5 Å². The molecular weight excluding hydrogens is 406 g/mol. The molecule has 1 aliphatic heterocycles. The van der Waals surface area contributed by atoms with E-state index in [9.17, 15) is 13.2 Å². The number of amides is 1. The quantitative estimate of drug-likeness (QED) is 0.738. The average molecular weight is 430 g/mol. The van der Waals surface area contributed by atoms with Crippen molar-refractivity contribution in [2.45, 2.75) is 24.0 Å². The monoisotopic (exact) mass is 429 g/mol. The molecule has 1 fully saturated rings. The van der Waals surface area contributed by atoms with Crippen LogP contribution in [0.5, 0.6) is 0 Å². The third-order valence-electron chi connectivity index (χ3n) is 4.72. The van der Waals surface area contributed by atoms with E-state index < -0.39 is 10.0 Å². The van der Waals surface area contributed by atoms with E-state index in [1.54, 1.807) is 41.8 Å². The van der Waals surface area contributed by atoms with Crippen LogP contribution in [0.3, 0.4) is 0 Å². The van der Waals surface area contributed by atoms with Crippen LogP contribution in [0.15, 0.2) is 46.0 Å². The molecule has 2 heterocycles. The molecule has 1 aromatic carbocycles. The highest BCUT2D eigenvalue weighted by Gasteiger charge is 2.34. The Morgan fingerprint density at radius 1 is 1.30 bits per heavy atom. The molecule has 2 aromatic rings. The molecule has 0 bridgehead atoms. The van der Waals surface area contributed by atoms with Gasteiger partial charge in [-0.05, 0) is 47.5 Å². The summed E-state index contributed by atoms with van der Waals surface area (Å²) in [6.45, 7) is 4.12. The second-order valence-electron chi connectivity index (χ2n) is 6.99. The van der Waals surface area contributed by atoms with Crippen molar-refractivity contribution in [2.24, 2.45) is 11.1 Å². The zero-order valence-electron chi connectivity index (χ0n) is 15.1. The third-order valence-corrected chi connectivity index (χ3v) is 7.50. The molecule has 0 spiro atoms. The first-order valence-corrected chi connectivity index (χ1v) is 10.8. The average Bonchev–Trinajstić information content (AvgIpc) is 3.27. The Morgan fingerprint density at radius 2 is 2.00 bits per heavy atom. The number of halogens is 1. The first kappa shape index (κ1) is 21.7. The van der Waals surface area contributed by atoms with Gasteiger partial charge in [-0.3, -0.25) is 9.52 Å². The van der Waals surface area contributed by atoms with Crippen molar-refractivity contribution in [1.29, 1.82) is 0 Å². The highest BCUT2D eigenvalue weighted by molar-refractivity contribution is 7.94. The summed E-state index contributed by atoms with van der Waals surface area (Å²) in [5.41, 5.74) is 7.14. The normalized spacial score (nSPS) is 19.6. The van der Waals surface area contributed by atoms with E-state index in [0.29, 0.717) is 25.2 Å². The van der Waals surface area contributed by atoms with Crippen LogP contribution in [0.4, 0.5) is 5.69 Å². The standard InChI is InChI=1S/C18H23N3O3S2.ClH/c1-18(12-19)8-9-21(13-18)16(22)11-14-4-6-15(7-5-14)20-26(23,24)17-3-2-10-25-17;/h2-7,10,20H,8-9,11-13,19H2,1H3;1H. The van der Waals surface area contributed by atoms with Gasteiger partial charge >= 0.3 is 0 Å². The van der Waals surface area contributed by atoms with Gasteiger partial charge < -0.3 is 10.6 Å². The van der Waals surface area contributed by atoms with Crippen LogP contribution >= 0.6 is 23.7 Å². The highest BCUT2D eigenvalue weighted by Crippen LogP contribution is 2.29. The lowest BCUT2D eigenvalue weighted by atomic mass is 9.90. The Bertz CT molecular complexity index is 870. The van der Waals surface area contributed by atoms with Crippen LogP contribution in [0.2, 0.25) is 0 Å². The maximum absolute atomic E-state index is 12.5. The Labute approximate surface area is 170 Å². The number of hydrogen-bond donors (Lipinski definition) is 2. The number of hydrogen-bond acceptors (Lipinski definition) is 5. The number of carbonyl (C=O) groups excluding carboxylic acids is 1. The molecule has 1 aromatic heterocycles. The number of sulfonamides is 1. The lowest BCUT2D eigenvalue weighted by molar-refractivity contribution is -0.129. The third kappa shape index (κ3) is 5.22. The summed E-state index contributed by atoms with van der Waals surface area (Å²) in [6.07, 6.45) is 1.23. The summed E-state index contributed by atoms with van der Waals surface area (Å²) in [5.74, 6) is 0.0779. The summed E-state index contributed by atoms with van der Waals surface area (Å²) < 4.78 is 27.3. The molecule has 3 N–H and O–H groups in total. The Balaban J connectivity index is 0.00000261. The molecule has 148 valence electrons. The SMILES string of the molecule is CC1(CN)CCN(C(=O)Cc2ccc(NS(=O)(=O)c3cccs3)cc2)C1.Cl. The largest absolute Gasteiger partial charge is 0.342 e. The number of rotatable bonds is 6. The molecule has 0 radical (unpaired) electrons. The smallest absolute Gasteiger partial charge is 0.271 e. The van der Waals surface area contributed by atoms with Crippen LogP contribution in [-0.2, 0) is 21.2 Å². The van der Waals surface area contributed by atoms with Crippen molar-refractivity contribution in [2.75, 3.05) is 24.4 Å². The van der Waals surface area contributed by atoms with Crippen molar-refractivity contribution in [3.63, 3.8) is 0 Å². The van der Waals surface area contributed by atoms with E-state index in [4.69, 9.17) is 5.73 Å². The number of benzene rings is 1. The second kappa shape index (κ2) is 8.60. The van der Waals surface area contributed by atoms with Gasteiger partial charge in [-0.1, -0.05) is 25.1 Å². The minimum absolute atomic E-state index is 0. The molecule has 3 rings (SSSR count). The number of likely N-dealkylation sites (tertiary alicyclic amines) is 1. The number of thiophene rings is 1. The van der Waals surface area contributed by atoms with Crippen LogP contribution in [0.25, 0.3) is 0 Å². The van der Waals surface area contributed by atoms with E-state index in [-0.39, 0.29) is 27.9 Å². The summed E-state index contributed by atoms with van der Waals surface area (Å²) in [5, 5.41) is 1.72. The van der Waals surface area contributed by atoms with Gasteiger partial charge in [0.25, 0.3) is 10.0 Å². The fourth-order valence-corrected chi connectivity index (χ4v) is 5.05. The van der Waals surface area contributed by atoms with E-state index in [2.05, 4.69) is 11.6 Å². The molecule has 1 atom stereocenters. The van der Waals surface area contributed by atoms with Gasteiger partial charge in [0, 0.05) is 18.8 Å². The molecule has 1 amide bonds. The van der Waals surface area contributed by atoms with Gasteiger partial charge in [0.15, 0.2) is 0 Å². The molecule has 1 saturated heterocycles. The first-order chi connectivity index (χ1) is 12.3. The maximum atomic E-state index is 12.5. The molecular formula is C18H24ClN3O3S2. The van der Waals surface area contributed by atoms with Crippen LogP contribution in [0, 0.1) is 5.41 Å². The van der Waals surface area contributed by atoms with Gasteiger partial charge in [-0.2, -0.15) is 0 Å². The molecule has 27 heavy (non-hydrogen) atoms.